The first-order valence-corrected chi connectivity index (χ1v) is 10.9. The van der Waals surface area contributed by atoms with Crippen LogP contribution in [-0.2, 0) is 16.0 Å². The minimum atomic E-state index is -0.818. The summed E-state index contributed by atoms with van der Waals surface area (Å²) in [7, 11) is 0. The number of amides is 2. The van der Waals surface area contributed by atoms with Gasteiger partial charge in [0, 0.05) is 5.69 Å². The largest absolute Gasteiger partial charge is 0.319 e. The lowest BCUT2D eigenvalue weighted by molar-refractivity contribution is -0.117. The molecule has 4 rings (SSSR count). The second-order valence-electron chi connectivity index (χ2n) is 7.17. The van der Waals surface area contributed by atoms with Crippen molar-refractivity contribution in [1.29, 1.82) is 5.26 Å². The van der Waals surface area contributed by atoms with E-state index in [1.807, 2.05) is 6.07 Å². The SMILES string of the molecule is N#C/C(C(=O)Nc1ccccc1F)=C1/S[C@@H](Cc2ccc(F)cc2)C(=O)N1c1ccccc1. The van der Waals surface area contributed by atoms with Crippen molar-refractivity contribution >= 4 is 35.0 Å². The normalized spacial score (nSPS) is 16.9. The summed E-state index contributed by atoms with van der Waals surface area (Å²) in [6.45, 7) is 0. The minimum absolute atomic E-state index is 0.0701. The lowest BCUT2D eigenvalue weighted by Gasteiger charge is -2.18. The second kappa shape index (κ2) is 9.67. The van der Waals surface area contributed by atoms with Gasteiger partial charge in [0.15, 0.2) is 0 Å². The van der Waals surface area contributed by atoms with Gasteiger partial charge in [-0.15, -0.1) is 0 Å². The standard InChI is InChI=1S/C25H17F2N3O2S/c26-17-12-10-16(11-13-17)14-22-24(32)30(18-6-2-1-3-7-18)25(33-22)19(15-28)23(31)29-21-9-5-4-8-20(21)27/h1-13,22H,14H2,(H,29,31)/b25-19-/t22-/m0/s1. The Morgan fingerprint density at radius 3 is 2.33 bits per heavy atom. The van der Waals surface area contributed by atoms with Crippen LogP contribution >= 0.6 is 11.8 Å². The van der Waals surface area contributed by atoms with Gasteiger partial charge < -0.3 is 5.32 Å². The molecule has 1 fully saturated rings. The molecule has 0 unspecified atom stereocenters. The molecule has 0 radical (unpaired) electrons. The van der Waals surface area contributed by atoms with Crippen molar-refractivity contribution in [3.05, 3.63) is 107 Å². The molecule has 0 bridgehead atoms. The van der Waals surface area contributed by atoms with E-state index >= 15 is 0 Å². The number of benzene rings is 3. The summed E-state index contributed by atoms with van der Waals surface area (Å²) in [6.07, 6.45) is 0.282. The molecular weight excluding hydrogens is 444 g/mol. The van der Waals surface area contributed by atoms with Gasteiger partial charge in [-0.2, -0.15) is 5.26 Å². The molecule has 0 aromatic heterocycles. The molecule has 1 saturated heterocycles. The third kappa shape index (κ3) is 4.78. The lowest BCUT2D eigenvalue weighted by Crippen LogP contribution is -2.30. The Kier molecular flexibility index (Phi) is 6.52. The van der Waals surface area contributed by atoms with Crippen LogP contribution in [0.3, 0.4) is 0 Å². The number of carbonyl (C=O) groups is 2. The van der Waals surface area contributed by atoms with Crippen molar-refractivity contribution in [3.63, 3.8) is 0 Å². The maximum atomic E-state index is 14.0. The predicted octanol–water partition coefficient (Wildman–Crippen LogP) is 5.03. The van der Waals surface area contributed by atoms with Crippen LogP contribution in [-0.4, -0.2) is 17.1 Å². The average Bonchev–Trinajstić information content (AvgIpc) is 3.13. The molecule has 164 valence electrons. The van der Waals surface area contributed by atoms with Crippen molar-refractivity contribution in [2.45, 2.75) is 11.7 Å². The predicted molar refractivity (Wildman–Crippen MR) is 123 cm³/mol. The Hall–Kier alpha value is -3.96. The van der Waals surface area contributed by atoms with Crippen LogP contribution in [0.15, 0.2) is 89.5 Å². The maximum Gasteiger partial charge on any atom is 0.269 e. The van der Waals surface area contributed by atoms with E-state index < -0.39 is 17.0 Å². The molecule has 8 heteroatoms. The van der Waals surface area contributed by atoms with E-state index in [0.717, 1.165) is 17.3 Å². The zero-order chi connectivity index (χ0) is 23.4. The van der Waals surface area contributed by atoms with Gasteiger partial charge in [0.05, 0.1) is 10.9 Å². The number of rotatable bonds is 5. The number of hydrogen-bond donors (Lipinski definition) is 1. The highest BCUT2D eigenvalue weighted by molar-refractivity contribution is 8.05. The fourth-order valence-corrected chi connectivity index (χ4v) is 4.69. The van der Waals surface area contributed by atoms with Crippen LogP contribution in [0.1, 0.15) is 5.56 Å². The second-order valence-corrected chi connectivity index (χ2v) is 8.36. The molecule has 0 saturated carbocycles. The quantitative estimate of drug-likeness (QED) is 0.427. The summed E-state index contributed by atoms with van der Waals surface area (Å²) < 4.78 is 27.3. The molecule has 33 heavy (non-hydrogen) atoms. The first-order valence-electron chi connectivity index (χ1n) is 9.98. The Morgan fingerprint density at radius 1 is 1.00 bits per heavy atom. The smallest absolute Gasteiger partial charge is 0.269 e. The van der Waals surface area contributed by atoms with Gasteiger partial charge in [-0.3, -0.25) is 14.5 Å². The molecule has 3 aromatic rings. The fourth-order valence-electron chi connectivity index (χ4n) is 3.38. The monoisotopic (exact) mass is 461 g/mol. The van der Waals surface area contributed by atoms with Gasteiger partial charge in [-0.1, -0.05) is 54.2 Å². The first kappa shape index (κ1) is 22.2. The van der Waals surface area contributed by atoms with E-state index in [9.17, 15) is 23.6 Å². The highest BCUT2D eigenvalue weighted by atomic mass is 32.2. The zero-order valence-corrected chi connectivity index (χ0v) is 18.0. The van der Waals surface area contributed by atoms with Crippen LogP contribution in [0.2, 0.25) is 0 Å². The van der Waals surface area contributed by atoms with E-state index in [1.165, 1.54) is 35.2 Å². The summed E-state index contributed by atoms with van der Waals surface area (Å²) in [6, 6.07) is 22.0. The Morgan fingerprint density at radius 2 is 1.67 bits per heavy atom. The summed E-state index contributed by atoms with van der Waals surface area (Å²) in [5.41, 5.74) is 0.866. The number of anilines is 2. The maximum absolute atomic E-state index is 14.0. The number of thioether (sulfide) groups is 1. The molecule has 1 atom stereocenters. The van der Waals surface area contributed by atoms with Gasteiger partial charge in [-0.25, -0.2) is 8.78 Å². The Bertz CT molecular complexity index is 1270. The number of nitrogens with zero attached hydrogens (tertiary/aromatic N) is 2. The van der Waals surface area contributed by atoms with Gasteiger partial charge in [0.1, 0.15) is 28.3 Å². The van der Waals surface area contributed by atoms with Gasteiger partial charge >= 0.3 is 0 Å². The number of hydrogen-bond acceptors (Lipinski definition) is 4. The van der Waals surface area contributed by atoms with Crippen LogP contribution < -0.4 is 10.2 Å². The van der Waals surface area contributed by atoms with Crippen molar-refractivity contribution in [2.24, 2.45) is 0 Å². The summed E-state index contributed by atoms with van der Waals surface area (Å²) >= 11 is 1.08. The third-order valence-electron chi connectivity index (χ3n) is 4.98. The Labute approximate surface area is 193 Å². The van der Waals surface area contributed by atoms with Gasteiger partial charge in [-0.05, 0) is 48.4 Å². The molecule has 2 amide bonds. The molecule has 5 nitrogen and oxygen atoms in total. The molecule has 0 spiro atoms. The van der Waals surface area contributed by atoms with Crippen molar-refractivity contribution in [2.75, 3.05) is 10.2 Å². The third-order valence-corrected chi connectivity index (χ3v) is 6.24. The average molecular weight is 461 g/mol. The number of carbonyl (C=O) groups excluding carboxylic acids is 2. The first-order chi connectivity index (χ1) is 16.0. The van der Waals surface area contributed by atoms with Gasteiger partial charge in [0.2, 0.25) is 5.91 Å². The van der Waals surface area contributed by atoms with Crippen molar-refractivity contribution < 1.29 is 18.4 Å². The zero-order valence-electron chi connectivity index (χ0n) is 17.2. The summed E-state index contributed by atoms with van der Waals surface area (Å²) in [5.74, 6) is -2.15. The van der Waals surface area contributed by atoms with Crippen LogP contribution in [0.25, 0.3) is 0 Å². The van der Waals surface area contributed by atoms with Crippen LogP contribution in [0.4, 0.5) is 20.2 Å². The number of nitriles is 1. The summed E-state index contributed by atoms with van der Waals surface area (Å²) in [5, 5.41) is 11.7. The van der Waals surface area contributed by atoms with Gasteiger partial charge in [0.25, 0.3) is 5.91 Å². The van der Waals surface area contributed by atoms with E-state index in [4.69, 9.17) is 0 Å². The lowest BCUT2D eigenvalue weighted by atomic mass is 10.1. The van der Waals surface area contributed by atoms with Crippen LogP contribution in [0, 0.1) is 23.0 Å². The topological polar surface area (TPSA) is 73.2 Å². The number of halogens is 2. The summed E-state index contributed by atoms with van der Waals surface area (Å²) in [4.78, 5) is 27.6. The van der Waals surface area contributed by atoms with E-state index in [0.29, 0.717) is 5.69 Å². The van der Waals surface area contributed by atoms with E-state index in [2.05, 4.69) is 5.32 Å². The van der Waals surface area contributed by atoms with E-state index in [1.54, 1.807) is 48.5 Å². The molecule has 1 N–H and O–H groups in total. The highest BCUT2D eigenvalue weighted by Crippen LogP contribution is 2.42. The fraction of sp³-hybridized carbons (Fsp3) is 0.0800. The molecule has 3 aromatic carbocycles. The van der Waals surface area contributed by atoms with Crippen molar-refractivity contribution in [3.8, 4) is 6.07 Å². The number of para-hydroxylation sites is 2. The molecule has 0 aliphatic carbocycles. The molecule has 1 heterocycles. The molecule has 1 aliphatic heterocycles. The van der Waals surface area contributed by atoms with Crippen molar-refractivity contribution in [1.82, 2.24) is 0 Å². The molecular formula is C25H17F2N3O2S. The molecule has 1 aliphatic rings. The minimum Gasteiger partial charge on any atom is -0.319 e. The number of nitrogens with one attached hydrogen (secondary N) is 1. The van der Waals surface area contributed by atoms with E-state index in [-0.39, 0.29) is 34.4 Å². The van der Waals surface area contributed by atoms with Crippen LogP contribution in [0.5, 0.6) is 0 Å². The Balaban J connectivity index is 1.72. The highest BCUT2D eigenvalue weighted by Gasteiger charge is 2.40.